The second-order valence-corrected chi connectivity index (χ2v) is 5.48. The van der Waals surface area contributed by atoms with Gasteiger partial charge in [0, 0.05) is 18.2 Å². The molecule has 124 valence electrons. The van der Waals surface area contributed by atoms with E-state index in [2.05, 4.69) is 5.32 Å². The highest BCUT2D eigenvalue weighted by atomic mass is 19.1. The van der Waals surface area contributed by atoms with Crippen LogP contribution in [0, 0.1) is 5.82 Å². The van der Waals surface area contributed by atoms with Gasteiger partial charge in [-0.05, 0) is 29.8 Å². The molecule has 0 aliphatic carbocycles. The first-order valence-electron chi connectivity index (χ1n) is 7.68. The number of halogens is 1. The first-order valence-corrected chi connectivity index (χ1v) is 7.68. The monoisotopic (exact) mass is 328 g/mol. The van der Waals surface area contributed by atoms with Crippen molar-refractivity contribution in [3.05, 3.63) is 53.8 Å². The molecule has 2 aromatic rings. The minimum Gasteiger partial charge on any atom is -0.481 e. The maximum Gasteiger partial charge on any atom is 0.265 e. The highest BCUT2D eigenvalue weighted by molar-refractivity contribution is 5.99. The Bertz CT molecular complexity index is 774. The number of hydrogen-bond donors (Lipinski definition) is 1. The van der Waals surface area contributed by atoms with E-state index in [1.807, 2.05) is 0 Å². The smallest absolute Gasteiger partial charge is 0.265 e. The summed E-state index contributed by atoms with van der Waals surface area (Å²) in [5.41, 5.74) is 2.07. The summed E-state index contributed by atoms with van der Waals surface area (Å²) in [5, 5.41) is 2.76. The molecule has 0 bridgehead atoms. The van der Waals surface area contributed by atoms with Gasteiger partial charge in [-0.2, -0.15) is 0 Å². The molecule has 0 radical (unpaired) electrons. The SMILES string of the molecule is CCC(=O)Nc1ccc2c(c1)OCC(=O)N2Cc1ccc(F)cc1. The minimum absolute atomic E-state index is 0.0701. The van der Waals surface area contributed by atoms with E-state index in [-0.39, 0.29) is 24.2 Å². The summed E-state index contributed by atoms with van der Waals surface area (Å²) in [5.74, 6) is -0.0449. The molecule has 1 aliphatic rings. The quantitative estimate of drug-likeness (QED) is 0.938. The van der Waals surface area contributed by atoms with Crippen LogP contribution >= 0.6 is 0 Å². The van der Waals surface area contributed by atoms with Crippen LogP contribution in [0.15, 0.2) is 42.5 Å². The molecule has 0 spiro atoms. The fourth-order valence-corrected chi connectivity index (χ4v) is 2.48. The zero-order chi connectivity index (χ0) is 17.1. The molecule has 5 nitrogen and oxygen atoms in total. The number of nitrogens with zero attached hydrogens (tertiary/aromatic N) is 1. The van der Waals surface area contributed by atoms with E-state index in [0.717, 1.165) is 5.56 Å². The number of carbonyl (C=O) groups excluding carboxylic acids is 2. The molecule has 1 N–H and O–H groups in total. The van der Waals surface area contributed by atoms with Crippen molar-refractivity contribution in [1.82, 2.24) is 0 Å². The topological polar surface area (TPSA) is 58.6 Å². The maximum atomic E-state index is 13.0. The average molecular weight is 328 g/mol. The van der Waals surface area contributed by atoms with Gasteiger partial charge >= 0.3 is 0 Å². The lowest BCUT2D eigenvalue weighted by molar-refractivity contribution is -0.121. The highest BCUT2D eigenvalue weighted by Gasteiger charge is 2.26. The van der Waals surface area contributed by atoms with Crippen molar-refractivity contribution in [2.75, 3.05) is 16.8 Å². The molecule has 3 rings (SSSR count). The van der Waals surface area contributed by atoms with Crippen molar-refractivity contribution in [2.24, 2.45) is 0 Å². The zero-order valence-corrected chi connectivity index (χ0v) is 13.2. The summed E-state index contributed by atoms with van der Waals surface area (Å²) in [6.45, 7) is 2.03. The maximum absolute atomic E-state index is 13.0. The fraction of sp³-hybridized carbons (Fsp3) is 0.222. The van der Waals surface area contributed by atoms with Crippen LogP contribution in [0.5, 0.6) is 5.75 Å². The molecule has 0 aromatic heterocycles. The number of rotatable bonds is 4. The van der Waals surface area contributed by atoms with Crippen LogP contribution < -0.4 is 15.0 Å². The Morgan fingerprint density at radius 3 is 2.71 bits per heavy atom. The third-order valence-corrected chi connectivity index (χ3v) is 3.76. The average Bonchev–Trinajstić information content (AvgIpc) is 2.59. The molecule has 2 aromatic carbocycles. The molecular formula is C18H17FN2O3. The van der Waals surface area contributed by atoms with E-state index < -0.39 is 0 Å². The molecule has 24 heavy (non-hydrogen) atoms. The summed E-state index contributed by atoms with van der Waals surface area (Å²) >= 11 is 0. The number of nitrogens with one attached hydrogen (secondary N) is 1. The lowest BCUT2D eigenvalue weighted by Crippen LogP contribution is -2.38. The number of hydrogen-bond acceptors (Lipinski definition) is 3. The molecule has 0 unspecified atom stereocenters. The summed E-state index contributed by atoms with van der Waals surface area (Å²) < 4.78 is 18.5. The number of ether oxygens (including phenoxy) is 1. The van der Waals surface area contributed by atoms with Crippen LogP contribution in [-0.2, 0) is 16.1 Å². The summed E-state index contributed by atoms with van der Waals surface area (Å²) in [6.07, 6.45) is 0.382. The molecule has 0 atom stereocenters. The number of carbonyl (C=O) groups is 2. The van der Waals surface area contributed by atoms with Crippen LogP contribution in [-0.4, -0.2) is 18.4 Å². The van der Waals surface area contributed by atoms with Gasteiger partial charge < -0.3 is 15.0 Å². The van der Waals surface area contributed by atoms with E-state index in [0.29, 0.717) is 30.1 Å². The Balaban J connectivity index is 1.85. The zero-order valence-electron chi connectivity index (χ0n) is 13.2. The molecule has 2 amide bonds. The Morgan fingerprint density at radius 2 is 2.00 bits per heavy atom. The number of amides is 2. The Labute approximate surface area is 139 Å². The van der Waals surface area contributed by atoms with Gasteiger partial charge in [-0.15, -0.1) is 0 Å². The lowest BCUT2D eigenvalue weighted by Gasteiger charge is -2.29. The number of benzene rings is 2. The van der Waals surface area contributed by atoms with E-state index in [9.17, 15) is 14.0 Å². The first kappa shape index (κ1) is 16.0. The molecule has 1 aliphatic heterocycles. The van der Waals surface area contributed by atoms with Crippen LogP contribution in [0.1, 0.15) is 18.9 Å². The molecule has 0 saturated carbocycles. The van der Waals surface area contributed by atoms with E-state index in [4.69, 9.17) is 4.74 Å². The predicted molar refractivity (Wildman–Crippen MR) is 88.4 cm³/mol. The number of anilines is 2. The van der Waals surface area contributed by atoms with Gasteiger partial charge in [0.25, 0.3) is 5.91 Å². The van der Waals surface area contributed by atoms with Crippen molar-refractivity contribution >= 4 is 23.2 Å². The summed E-state index contributed by atoms with van der Waals surface area (Å²) in [6, 6.07) is 11.2. The van der Waals surface area contributed by atoms with Crippen molar-refractivity contribution in [3.8, 4) is 5.75 Å². The van der Waals surface area contributed by atoms with Crippen LogP contribution in [0.2, 0.25) is 0 Å². The van der Waals surface area contributed by atoms with Crippen LogP contribution in [0.3, 0.4) is 0 Å². The summed E-state index contributed by atoms with van der Waals surface area (Å²) in [7, 11) is 0. The highest BCUT2D eigenvalue weighted by Crippen LogP contribution is 2.35. The standard InChI is InChI=1S/C18H17FN2O3/c1-2-17(22)20-14-7-8-15-16(9-14)24-11-18(23)21(15)10-12-3-5-13(19)6-4-12/h3-9H,2,10-11H2,1H3,(H,20,22). The van der Waals surface area contributed by atoms with Crippen molar-refractivity contribution < 1.29 is 18.7 Å². The van der Waals surface area contributed by atoms with Gasteiger partial charge in [-0.25, -0.2) is 4.39 Å². The first-order chi connectivity index (χ1) is 11.6. The van der Waals surface area contributed by atoms with Gasteiger partial charge in [-0.1, -0.05) is 19.1 Å². The lowest BCUT2D eigenvalue weighted by atomic mass is 10.1. The van der Waals surface area contributed by atoms with E-state index in [1.54, 1.807) is 42.2 Å². The van der Waals surface area contributed by atoms with Gasteiger partial charge in [0.15, 0.2) is 6.61 Å². The van der Waals surface area contributed by atoms with Gasteiger partial charge in [-0.3, -0.25) is 9.59 Å². The Hall–Kier alpha value is -2.89. The summed E-state index contributed by atoms with van der Waals surface area (Å²) in [4.78, 5) is 25.3. The van der Waals surface area contributed by atoms with Crippen molar-refractivity contribution in [2.45, 2.75) is 19.9 Å². The van der Waals surface area contributed by atoms with Crippen LogP contribution in [0.25, 0.3) is 0 Å². The van der Waals surface area contributed by atoms with E-state index >= 15 is 0 Å². The Kier molecular flexibility index (Phi) is 4.46. The van der Waals surface area contributed by atoms with Gasteiger partial charge in [0.05, 0.1) is 12.2 Å². The second-order valence-electron chi connectivity index (χ2n) is 5.48. The normalized spacial score (nSPS) is 13.2. The van der Waals surface area contributed by atoms with Crippen LogP contribution in [0.4, 0.5) is 15.8 Å². The minimum atomic E-state index is -0.316. The number of fused-ring (bicyclic) bond motifs is 1. The predicted octanol–water partition coefficient (Wildman–Crippen LogP) is 3.10. The molecular weight excluding hydrogens is 311 g/mol. The fourth-order valence-electron chi connectivity index (χ4n) is 2.48. The molecule has 0 fully saturated rings. The van der Waals surface area contributed by atoms with E-state index in [1.165, 1.54) is 12.1 Å². The van der Waals surface area contributed by atoms with Crippen molar-refractivity contribution in [1.29, 1.82) is 0 Å². The van der Waals surface area contributed by atoms with Gasteiger partial charge in [0.1, 0.15) is 11.6 Å². The third-order valence-electron chi connectivity index (χ3n) is 3.76. The Morgan fingerprint density at radius 1 is 1.25 bits per heavy atom. The second kappa shape index (κ2) is 6.70. The molecule has 6 heteroatoms. The largest absolute Gasteiger partial charge is 0.481 e. The van der Waals surface area contributed by atoms with Crippen molar-refractivity contribution in [3.63, 3.8) is 0 Å². The van der Waals surface area contributed by atoms with Gasteiger partial charge in [0.2, 0.25) is 5.91 Å². The molecule has 0 saturated heterocycles. The molecule has 1 heterocycles. The third kappa shape index (κ3) is 3.37.